The van der Waals surface area contributed by atoms with E-state index in [4.69, 9.17) is 11.6 Å². The van der Waals surface area contributed by atoms with Crippen molar-refractivity contribution in [3.05, 3.63) is 0 Å². The van der Waals surface area contributed by atoms with E-state index < -0.39 is 0 Å². The molecule has 0 radical (unpaired) electrons. The van der Waals surface area contributed by atoms with Crippen LogP contribution in [0.4, 0.5) is 0 Å². The monoisotopic (exact) mass is 412 g/mol. The lowest BCUT2D eigenvalue weighted by Gasteiger charge is -1.96. The van der Waals surface area contributed by atoms with Crippen LogP contribution >= 0.6 is 59.4 Å². The zero-order valence-corrected chi connectivity index (χ0v) is 14.1. The molecule has 0 aromatic carbocycles. The van der Waals surface area contributed by atoms with Crippen molar-refractivity contribution in [3.63, 3.8) is 0 Å². The van der Waals surface area contributed by atoms with Crippen LogP contribution in [0.3, 0.4) is 0 Å². The van der Waals surface area contributed by atoms with E-state index in [2.05, 4.69) is 47.8 Å². The molecule has 0 unspecified atom stereocenters. The number of halogens is 4. The molecule has 14 heavy (non-hydrogen) atoms. The van der Waals surface area contributed by atoms with Gasteiger partial charge in [0.05, 0.1) is 0 Å². The number of alkyl halides is 4. The van der Waals surface area contributed by atoms with E-state index in [0.29, 0.717) is 5.88 Å². The highest BCUT2D eigenvalue weighted by Crippen LogP contribution is 2.06. The van der Waals surface area contributed by atoms with Crippen LogP contribution in [0, 0.1) is 0 Å². The third kappa shape index (κ3) is 23.5. The third-order valence-electron chi connectivity index (χ3n) is 1.59. The highest BCUT2D eigenvalue weighted by molar-refractivity contribution is 9.09. The van der Waals surface area contributed by atoms with E-state index in [9.17, 15) is 0 Å². The van der Waals surface area contributed by atoms with Crippen molar-refractivity contribution in [1.29, 1.82) is 0 Å². The van der Waals surface area contributed by atoms with Crippen LogP contribution in [0.1, 0.15) is 38.5 Å². The van der Waals surface area contributed by atoms with Crippen LogP contribution < -0.4 is 0 Å². The molecule has 0 aromatic heterocycles. The second-order valence-electron chi connectivity index (χ2n) is 2.88. The van der Waals surface area contributed by atoms with Crippen LogP contribution in [0.5, 0.6) is 0 Å². The summed E-state index contributed by atoms with van der Waals surface area (Å²) in [6, 6.07) is 0. The molecule has 4 heteroatoms. The maximum absolute atomic E-state index is 5.14. The molecule has 0 spiro atoms. The van der Waals surface area contributed by atoms with Crippen LogP contribution in [0.25, 0.3) is 0 Å². The molecule has 0 aromatic rings. The predicted molar refractivity (Wildman–Crippen MR) is 79.8 cm³/mol. The van der Waals surface area contributed by atoms with Gasteiger partial charge in [-0.1, -0.05) is 73.5 Å². The highest BCUT2D eigenvalue weighted by atomic mass is 79.9. The summed E-state index contributed by atoms with van der Waals surface area (Å²) < 4.78 is 0. The Labute approximate surface area is 119 Å². The number of hydrogen-bond acceptors (Lipinski definition) is 0. The Morgan fingerprint density at radius 1 is 0.571 bits per heavy atom. The Kier molecular flexibility index (Phi) is 26.1. The smallest absolute Gasteiger partial charge is 0.0320 e. The van der Waals surface area contributed by atoms with Gasteiger partial charge >= 0.3 is 0 Å². The van der Waals surface area contributed by atoms with Crippen molar-refractivity contribution in [2.75, 3.05) is 21.9 Å². The van der Waals surface area contributed by atoms with Gasteiger partial charge in [-0.15, -0.1) is 11.6 Å². The Morgan fingerprint density at radius 3 is 1.07 bits per heavy atom. The summed E-state index contributed by atoms with van der Waals surface area (Å²) in [4.78, 5) is 0. The Balaban J connectivity index is 0. The molecule has 0 rings (SSSR count). The maximum Gasteiger partial charge on any atom is 0.0320 e. The average Bonchev–Trinajstić information content (AvgIpc) is 2.24. The van der Waals surface area contributed by atoms with Crippen molar-refractivity contribution < 1.29 is 0 Å². The normalized spacial score (nSPS) is 9.43. The first kappa shape index (κ1) is 18.1. The topological polar surface area (TPSA) is 0 Å². The first-order valence-electron chi connectivity index (χ1n) is 5.07. The quantitative estimate of drug-likeness (QED) is 0.351. The van der Waals surface area contributed by atoms with Gasteiger partial charge in [-0.05, 0) is 12.8 Å². The molecular formula is C10H20Br3Cl. The Morgan fingerprint density at radius 2 is 0.857 bits per heavy atom. The van der Waals surface area contributed by atoms with Crippen molar-refractivity contribution >= 4 is 59.4 Å². The van der Waals surface area contributed by atoms with Gasteiger partial charge in [-0.3, -0.25) is 0 Å². The van der Waals surface area contributed by atoms with Crippen LogP contribution in [-0.4, -0.2) is 21.9 Å². The number of hydrogen-bond donors (Lipinski definition) is 0. The van der Waals surface area contributed by atoms with Gasteiger partial charge in [0.25, 0.3) is 0 Å². The molecule has 0 bridgehead atoms. The van der Waals surface area contributed by atoms with E-state index >= 15 is 0 Å². The SMILES string of the molecule is BrCCCCCCCCBr.ClCCBr. The fourth-order valence-corrected chi connectivity index (χ4v) is 1.69. The molecule has 0 atom stereocenters. The molecule has 0 nitrogen and oxygen atoms in total. The summed E-state index contributed by atoms with van der Waals surface area (Å²) >= 11 is 15.1. The summed E-state index contributed by atoms with van der Waals surface area (Å²) in [7, 11) is 0. The molecule has 0 heterocycles. The molecule has 88 valence electrons. The number of rotatable bonds is 8. The molecule has 0 fully saturated rings. The van der Waals surface area contributed by atoms with E-state index in [1.54, 1.807) is 0 Å². The summed E-state index contributed by atoms with van der Waals surface area (Å²) in [5.74, 6) is 0.708. The minimum absolute atomic E-state index is 0.708. The molecule has 0 saturated carbocycles. The lowest BCUT2D eigenvalue weighted by atomic mass is 10.1. The van der Waals surface area contributed by atoms with E-state index in [0.717, 1.165) is 5.33 Å². The molecule has 0 aliphatic heterocycles. The molecule has 0 N–H and O–H groups in total. The fraction of sp³-hybridized carbons (Fsp3) is 1.00. The molecule has 0 aliphatic rings. The van der Waals surface area contributed by atoms with E-state index in [1.165, 1.54) is 49.2 Å². The highest BCUT2D eigenvalue weighted by Gasteiger charge is 1.88. The largest absolute Gasteiger partial charge is 0.126 e. The molecule has 0 aliphatic carbocycles. The first-order chi connectivity index (χ1) is 6.83. The van der Waals surface area contributed by atoms with Gasteiger partial charge in [-0.25, -0.2) is 0 Å². The summed E-state index contributed by atoms with van der Waals surface area (Å²) in [6.07, 6.45) is 8.31. The molecule has 0 saturated heterocycles. The van der Waals surface area contributed by atoms with Crippen molar-refractivity contribution in [3.8, 4) is 0 Å². The summed E-state index contributed by atoms with van der Waals surface area (Å²) in [5.41, 5.74) is 0. The lowest BCUT2D eigenvalue weighted by Crippen LogP contribution is -1.80. The number of unbranched alkanes of at least 4 members (excludes halogenated alkanes) is 5. The summed E-state index contributed by atoms with van der Waals surface area (Å²) in [6.45, 7) is 0. The fourth-order valence-electron chi connectivity index (χ4n) is 0.896. The van der Waals surface area contributed by atoms with Gasteiger partial charge in [-0.2, -0.15) is 0 Å². The zero-order valence-electron chi connectivity index (χ0n) is 8.58. The predicted octanol–water partition coefficient (Wildman–Crippen LogP) is 5.74. The van der Waals surface area contributed by atoms with Crippen molar-refractivity contribution in [2.24, 2.45) is 0 Å². The Bertz CT molecular complexity index is 71.8. The zero-order chi connectivity index (χ0) is 11.1. The lowest BCUT2D eigenvalue weighted by molar-refractivity contribution is 0.631. The third-order valence-corrected chi connectivity index (χ3v) is 3.75. The first-order valence-corrected chi connectivity index (χ1v) is 8.97. The van der Waals surface area contributed by atoms with Gasteiger partial charge < -0.3 is 0 Å². The van der Waals surface area contributed by atoms with Crippen LogP contribution in [0.15, 0.2) is 0 Å². The van der Waals surface area contributed by atoms with Crippen molar-refractivity contribution in [2.45, 2.75) is 38.5 Å². The van der Waals surface area contributed by atoms with Gasteiger partial charge in [0.2, 0.25) is 0 Å². The average molecular weight is 415 g/mol. The second kappa shape index (κ2) is 20.2. The van der Waals surface area contributed by atoms with Gasteiger partial charge in [0, 0.05) is 21.9 Å². The molecular weight excluding hydrogens is 395 g/mol. The minimum atomic E-state index is 0.708. The minimum Gasteiger partial charge on any atom is -0.126 e. The molecule has 0 amide bonds. The van der Waals surface area contributed by atoms with Crippen LogP contribution in [-0.2, 0) is 0 Å². The van der Waals surface area contributed by atoms with Crippen molar-refractivity contribution in [1.82, 2.24) is 0 Å². The van der Waals surface area contributed by atoms with Crippen LogP contribution in [0.2, 0.25) is 0 Å². The van der Waals surface area contributed by atoms with E-state index in [1.807, 2.05) is 0 Å². The van der Waals surface area contributed by atoms with E-state index in [-0.39, 0.29) is 0 Å². The maximum atomic E-state index is 5.14. The standard InChI is InChI=1S/C8H16Br2.C2H4BrCl/c9-7-5-3-1-2-4-6-8-10;3-1-2-4/h1-8H2;1-2H2. The summed E-state index contributed by atoms with van der Waals surface area (Å²) in [5, 5.41) is 3.24. The van der Waals surface area contributed by atoms with Gasteiger partial charge in [0.15, 0.2) is 0 Å². The Hall–Kier alpha value is 1.73. The van der Waals surface area contributed by atoms with Gasteiger partial charge in [0.1, 0.15) is 0 Å². The second-order valence-corrected chi connectivity index (χ2v) is 5.63.